The second-order valence-electron chi connectivity index (χ2n) is 2.73. The summed E-state index contributed by atoms with van der Waals surface area (Å²) >= 11 is 0. The summed E-state index contributed by atoms with van der Waals surface area (Å²) in [7, 11) is 0. The van der Waals surface area contributed by atoms with E-state index in [1.165, 1.54) is 0 Å². The Morgan fingerprint density at radius 3 is 1.93 bits per heavy atom. The Kier molecular flexibility index (Phi) is 4.26. The number of aliphatic hydroxyl groups excluding tert-OH is 1. The Morgan fingerprint density at radius 2 is 1.57 bits per heavy atom. The normalized spacial score (nSPS) is 9.93. The zero-order chi connectivity index (χ0) is 10.4. The second-order valence-corrected chi connectivity index (χ2v) is 2.73. The van der Waals surface area contributed by atoms with Crippen molar-refractivity contribution >= 4 is 0 Å². The van der Waals surface area contributed by atoms with E-state index in [1.807, 2.05) is 13.8 Å². The van der Waals surface area contributed by atoms with Crippen molar-refractivity contribution in [2.75, 3.05) is 13.2 Å². The predicted molar refractivity (Wildman–Crippen MR) is 54.1 cm³/mol. The van der Waals surface area contributed by atoms with Gasteiger partial charge in [0.1, 0.15) is 18.1 Å². The molecule has 0 aliphatic carbocycles. The van der Waals surface area contributed by atoms with Crippen LogP contribution in [0.3, 0.4) is 0 Å². The molecule has 0 spiro atoms. The van der Waals surface area contributed by atoms with Crippen LogP contribution in [0.4, 0.5) is 0 Å². The zero-order valence-corrected chi connectivity index (χ0v) is 8.49. The first-order valence-electron chi connectivity index (χ1n) is 4.68. The van der Waals surface area contributed by atoms with Crippen LogP contribution in [0.5, 0.6) is 11.5 Å². The third kappa shape index (κ3) is 2.92. The van der Waals surface area contributed by atoms with Crippen molar-refractivity contribution in [3.63, 3.8) is 0 Å². The maximum atomic E-state index is 8.89. The molecule has 0 bridgehead atoms. The van der Waals surface area contributed by atoms with Gasteiger partial charge in [0, 0.05) is 6.07 Å². The van der Waals surface area contributed by atoms with Gasteiger partial charge in [-0.3, -0.25) is 0 Å². The molecule has 1 radical (unpaired) electrons. The van der Waals surface area contributed by atoms with Gasteiger partial charge in [0.25, 0.3) is 0 Å². The van der Waals surface area contributed by atoms with Gasteiger partial charge in [-0.2, -0.15) is 0 Å². The topological polar surface area (TPSA) is 38.7 Å². The smallest absolute Gasteiger partial charge is 0.123 e. The summed E-state index contributed by atoms with van der Waals surface area (Å²) in [5.41, 5.74) is 0.680. The summed E-state index contributed by atoms with van der Waals surface area (Å²) in [6.45, 7) is 6.05. The molecule has 0 aliphatic heterocycles. The molecule has 0 saturated heterocycles. The second kappa shape index (κ2) is 5.50. The Bertz CT molecular complexity index is 260. The monoisotopic (exact) mass is 195 g/mol. The van der Waals surface area contributed by atoms with Gasteiger partial charge in [-0.25, -0.2) is 0 Å². The third-order valence-electron chi connectivity index (χ3n) is 1.67. The van der Waals surface area contributed by atoms with Gasteiger partial charge >= 0.3 is 0 Å². The van der Waals surface area contributed by atoms with Crippen molar-refractivity contribution in [3.8, 4) is 11.5 Å². The maximum absolute atomic E-state index is 8.89. The van der Waals surface area contributed by atoms with E-state index < -0.39 is 0 Å². The summed E-state index contributed by atoms with van der Waals surface area (Å²) in [6.07, 6.45) is 0. The SMILES string of the molecule is CCOc1cc([CH]O)cc(OCC)c1. The number of ether oxygens (including phenoxy) is 2. The fraction of sp³-hybridized carbons (Fsp3) is 0.364. The molecular formula is C11H15O3. The lowest BCUT2D eigenvalue weighted by Gasteiger charge is -2.09. The van der Waals surface area contributed by atoms with Gasteiger partial charge in [0.05, 0.1) is 13.2 Å². The summed E-state index contributed by atoms with van der Waals surface area (Å²) in [5.74, 6) is 1.41. The first kappa shape index (κ1) is 10.9. The lowest BCUT2D eigenvalue weighted by molar-refractivity contribution is 0.321. The number of rotatable bonds is 5. The number of aliphatic hydroxyl groups is 1. The van der Waals surface area contributed by atoms with Crippen LogP contribution in [0.25, 0.3) is 0 Å². The van der Waals surface area contributed by atoms with Crippen molar-refractivity contribution in [1.29, 1.82) is 0 Å². The molecule has 3 heteroatoms. The van der Waals surface area contributed by atoms with Crippen LogP contribution in [0.1, 0.15) is 19.4 Å². The van der Waals surface area contributed by atoms with Crippen molar-refractivity contribution in [2.45, 2.75) is 13.8 Å². The van der Waals surface area contributed by atoms with Crippen molar-refractivity contribution in [1.82, 2.24) is 0 Å². The molecule has 0 atom stereocenters. The Morgan fingerprint density at radius 1 is 1.07 bits per heavy atom. The highest BCUT2D eigenvalue weighted by molar-refractivity contribution is 5.40. The quantitative estimate of drug-likeness (QED) is 0.783. The van der Waals surface area contributed by atoms with Crippen LogP contribution in [0.2, 0.25) is 0 Å². The largest absolute Gasteiger partial charge is 0.494 e. The Balaban J connectivity index is 2.88. The highest BCUT2D eigenvalue weighted by Gasteiger charge is 2.01. The fourth-order valence-electron chi connectivity index (χ4n) is 1.17. The van der Waals surface area contributed by atoms with Gasteiger partial charge in [-0.15, -0.1) is 0 Å². The van der Waals surface area contributed by atoms with Gasteiger partial charge in [0.2, 0.25) is 0 Å². The van der Waals surface area contributed by atoms with Crippen LogP contribution in [-0.2, 0) is 0 Å². The minimum atomic E-state index is 0.598. The number of hydrogen-bond acceptors (Lipinski definition) is 3. The molecule has 0 amide bonds. The average molecular weight is 195 g/mol. The van der Waals surface area contributed by atoms with E-state index in [4.69, 9.17) is 14.6 Å². The lowest BCUT2D eigenvalue weighted by Crippen LogP contribution is -1.96. The molecular weight excluding hydrogens is 180 g/mol. The van der Waals surface area contributed by atoms with E-state index in [2.05, 4.69) is 0 Å². The highest BCUT2D eigenvalue weighted by atomic mass is 16.5. The summed E-state index contributed by atoms with van der Waals surface area (Å²) in [6, 6.07) is 5.32. The minimum Gasteiger partial charge on any atom is -0.494 e. The first-order valence-corrected chi connectivity index (χ1v) is 4.68. The van der Waals surface area contributed by atoms with Crippen molar-refractivity contribution in [2.24, 2.45) is 0 Å². The summed E-state index contributed by atoms with van der Waals surface area (Å²) < 4.78 is 10.6. The third-order valence-corrected chi connectivity index (χ3v) is 1.67. The molecule has 0 heterocycles. The molecule has 1 aromatic carbocycles. The molecule has 77 valence electrons. The van der Waals surface area contributed by atoms with Crippen LogP contribution >= 0.6 is 0 Å². The fourth-order valence-corrected chi connectivity index (χ4v) is 1.17. The van der Waals surface area contributed by atoms with E-state index in [0.717, 1.165) is 6.61 Å². The maximum Gasteiger partial charge on any atom is 0.123 e. The van der Waals surface area contributed by atoms with Crippen molar-refractivity contribution in [3.05, 3.63) is 30.4 Å². The molecule has 0 aliphatic rings. The Labute approximate surface area is 84.3 Å². The number of hydrogen-bond donors (Lipinski definition) is 1. The predicted octanol–water partition coefficient (Wildman–Crippen LogP) is 2.37. The van der Waals surface area contributed by atoms with E-state index in [1.54, 1.807) is 18.2 Å². The van der Waals surface area contributed by atoms with Gasteiger partial charge in [-0.1, -0.05) is 0 Å². The molecule has 14 heavy (non-hydrogen) atoms. The minimum absolute atomic E-state index is 0.598. The van der Waals surface area contributed by atoms with Crippen LogP contribution in [0, 0.1) is 6.61 Å². The molecule has 3 nitrogen and oxygen atoms in total. The molecule has 1 rings (SSSR count). The highest BCUT2D eigenvalue weighted by Crippen LogP contribution is 2.23. The molecule has 1 N–H and O–H groups in total. The van der Waals surface area contributed by atoms with E-state index in [9.17, 15) is 0 Å². The molecule has 0 fully saturated rings. The lowest BCUT2D eigenvalue weighted by atomic mass is 10.2. The van der Waals surface area contributed by atoms with E-state index in [0.29, 0.717) is 30.3 Å². The molecule has 0 saturated carbocycles. The van der Waals surface area contributed by atoms with Gasteiger partial charge in [-0.05, 0) is 31.5 Å². The zero-order valence-electron chi connectivity index (χ0n) is 8.49. The number of benzene rings is 1. The Hall–Kier alpha value is -1.22. The van der Waals surface area contributed by atoms with Gasteiger partial charge in [0.15, 0.2) is 0 Å². The van der Waals surface area contributed by atoms with Crippen LogP contribution < -0.4 is 9.47 Å². The summed E-state index contributed by atoms with van der Waals surface area (Å²) in [4.78, 5) is 0. The van der Waals surface area contributed by atoms with Gasteiger partial charge < -0.3 is 14.6 Å². The first-order chi connectivity index (χ1) is 6.80. The molecule has 0 unspecified atom stereocenters. The molecule has 0 aromatic heterocycles. The van der Waals surface area contributed by atoms with Crippen LogP contribution in [0.15, 0.2) is 18.2 Å². The van der Waals surface area contributed by atoms with E-state index in [-0.39, 0.29) is 0 Å². The summed E-state index contributed by atoms with van der Waals surface area (Å²) in [5, 5.41) is 8.89. The van der Waals surface area contributed by atoms with Crippen LogP contribution in [-0.4, -0.2) is 18.3 Å². The molecule has 1 aromatic rings. The van der Waals surface area contributed by atoms with E-state index >= 15 is 0 Å². The standard InChI is InChI=1S/C11H15O3/c1-3-13-10-5-9(8-12)6-11(7-10)14-4-2/h5-8,12H,3-4H2,1-2H3. The average Bonchev–Trinajstić information content (AvgIpc) is 2.18. The van der Waals surface area contributed by atoms with Crippen molar-refractivity contribution < 1.29 is 14.6 Å².